The van der Waals surface area contributed by atoms with Gasteiger partial charge in [-0.05, 0) is 23.6 Å². The fourth-order valence-electron chi connectivity index (χ4n) is 2.19. The highest BCUT2D eigenvalue weighted by molar-refractivity contribution is 8.77. The topological polar surface area (TPSA) is 40.5 Å². The number of likely N-dealkylation sites (tertiary alicyclic amines) is 1. The minimum absolute atomic E-state index is 0.177. The number of carbonyl (C=O) groups excluding carboxylic acids is 1. The van der Waals surface area contributed by atoms with Gasteiger partial charge in [0.2, 0.25) is 0 Å². The number of nitrogens with zero attached hydrogens (tertiary/aromatic N) is 1. The van der Waals surface area contributed by atoms with E-state index in [0.717, 1.165) is 36.9 Å². The Bertz CT molecular complexity index is 463. The van der Waals surface area contributed by atoms with E-state index in [1.165, 1.54) is 0 Å². The van der Waals surface area contributed by atoms with Crippen LogP contribution < -0.4 is 0 Å². The van der Waals surface area contributed by atoms with Gasteiger partial charge in [0.15, 0.2) is 0 Å². The Kier molecular flexibility index (Phi) is 9.91. The molecule has 0 amide bonds. The van der Waals surface area contributed by atoms with E-state index in [-0.39, 0.29) is 6.61 Å². The molecule has 1 aliphatic rings. The van der Waals surface area contributed by atoms with Gasteiger partial charge >= 0.3 is 0 Å². The van der Waals surface area contributed by atoms with Gasteiger partial charge in [-0.1, -0.05) is 58.5 Å². The van der Waals surface area contributed by atoms with Crippen LogP contribution in [0, 0.1) is 0 Å². The van der Waals surface area contributed by atoms with E-state index < -0.39 is 0 Å². The molecule has 122 valence electrons. The maximum absolute atomic E-state index is 10.9. The fraction of sp³-hybridized carbons (Fsp3) is 0.438. The number of aldehydes is 1. The Morgan fingerprint density at radius 1 is 1.45 bits per heavy atom. The first-order valence-electron chi connectivity index (χ1n) is 7.05. The molecule has 1 atom stereocenters. The molecule has 0 saturated carbocycles. The number of allylic oxidation sites excluding steroid dienone is 3. The van der Waals surface area contributed by atoms with Gasteiger partial charge in [0.25, 0.3) is 0 Å². The molecule has 0 spiro atoms. The normalized spacial score (nSPS) is 22.3. The molecular weight excluding hydrogens is 338 g/mol. The monoisotopic (exact) mass is 359 g/mol. The number of carbonyl (C=O) groups is 1. The third kappa shape index (κ3) is 6.34. The molecule has 0 radical (unpaired) electrons. The van der Waals surface area contributed by atoms with Crippen LogP contribution in [0.15, 0.2) is 47.6 Å². The first-order valence-corrected chi connectivity index (χ1v) is 9.81. The lowest BCUT2D eigenvalue weighted by Gasteiger charge is -2.34. The Morgan fingerprint density at radius 2 is 2.23 bits per heavy atom. The van der Waals surface area contributed by atoms with Crippen LogP contribution in [0.1, 0.15) is 6.42 Å². The summed E-state index contributed by atoms with van der Waals surface area (Å²) in [7, 11) is 3.38. The second-order valence-corrected chi connectivity index (χ2v) is 7.89. The third-order valence-corrected chi connectivity index (χ3v) is 6.55. The molecule has 1 saturated heterocycles. The Hall–Kier alpha value is -0.460. The lowest BCUT2D eigenvalue weighted by Crippen LogP contribution is -2.37. The highest BCUT2D eigenvalue weighted by atomic mass is 35.5. The first kappa shape index (κ1) is 19.6. The zero-order valence-corrected chi connectivity index (χ0v) is 14.9. The van der Waals surface area contributed by atoms with Gasteiger partial charge in [0, 0.05) is 35.7 Å². The summed E-state index contributed by atoms with van der Waals surface area (Å²) in [4.78, 5) is 13.1. The summed E-state index contributed by atoms with van der Waals surface area (Å²) in [5.41, 5.74) is 2.07. The standard InChI is InChI=1S/C16H22ClNO2S2/c1-3-13(15(17)4-2)11-18-7-5-16(22-21-10-9-20)14(12-18)6-8-19/h3-4,6,8,16,20H,1-2,5,7,9-12H2/b14-6-,15-13-. The largest absolute Gasteiger partial charge is 0.395 e. The minimum Gasteiger partial charge on any atom is -0.395 e. The fourth-order valence-corrected chi connectivity index (χ4v) is 4.81. The second-order valence-electron chi connectivity index (χ2n) is 4.79. The van der Waals surface area contributed by atoms with Crippen LogP contribution in [-0.2, 0) is 4.79 Å². The molecule has 1 fully saturated rings. The van der Waals surface area contributed by atoms with Gasteiger partial charge in [-0.2, -0.15) is 0 Å². The Balaban J connectivity index is 2.69. The van der Waals surface area contributed by atoms with Crippen molar-refractivity contribution in [3.63, 3.8) is 0 Å². The molecule has 0 bridgehead atoms. The minimum atomic E-state index is 0.177. The van der Waals surface area contributed by atoms with Crippen molar-refractivity contribution in [2.24, 2.45) is 0 Å². The third-order valence-electron chi connectivity index (χ3n) is 3.29. The number of hydrogen-bond donors (Lipinski definition) is 1. The van der Waals surface area contributed by atoms with Crippen molar-refractivity contribution in [1.29, 1.82) is 0 Å². The highest BCUT2D eigenvalue weighted by Gasteiger charge is 2.24. The van der Waals surface area contributed by atoms with Gasteiger partial charge in [-0.15, -0.1) is 0 Å². The van der Waals surface area contributed by atoms with Crippen molar-refractivity contribution in [2.45, 2.75) is 11.7 Å². The molecule has 22 heavy (non-hydrogen) atoms. The van der Waals surface area contributed by atoms with Crippen molar-refractivity contribution < 1.29 is 9.90 Å². The molecular formula is C16H22ClNO2S2. The average molecular weight is 360 g/mol. The number of aliphatic hydroxyl groups excluding tert-OH is 1. The van der Waals surface area contributed by atoms with Gasteiger partial charge < -0.3 is 5.11 Å². The van der Waals surface area contributed by atoms with Crippen LogP contribution in [0.4, 0.5) is 0 Å². The molecule has 0 aromatic heterocycles. The lowest BCUT2D eigenvalue weighted by atomic mass is 10.0. The Morgan fingerprint density at radius 3 is 2.82 bits per heavy atom. The van der Waals surface area contributed by atoms with Crippen LogP contribution in [0.5, 0.6) is 0 Å². The molecule has 6 heteroatoms. The quantitative estimate of drug-likeness (QED) is 0.224. The summed E-state index contributed by atoms with van der Waals surface area (Å²) >= 11 is 6.12. The molecule has 1 N–H and O–H groups in total. The van der Waals surface area contributed by atoms with Crippen molar-refractivity contribution in [3.05, 3.63) is 47.6 Å². The van der Waals surface area contributed by atoms with Crippen LogP contribution in [0.25, 0.3) is 0 Å². The van der Waals surface area contributed by atoms with E-state index in [1.54, 1.807) is 39.8 Å². The zero-order chi connectivity index (χ0) is 16.4. The van der Waals surface area contributed by atoms with Gasteiger partial charge in [-0.25, -0.2) is 0 Å². The smallest absolute Gasteiger partial charge is 0.142 e. The summed E-state index contributed by atoms with van der Waals surface area (Å²) in [5, 5.41) is 9.80. The van der Waals surface area contributed by atoms with Crippen molar-refractivity contribution in [2.75, 3.05) is 32.0 Å². The summed E-state index contributed by atoms with van der Waals surface area (Å²) in [6.45, 7) is 10.0. The number of piperidine rings is 1. The molecule has 1 unspecified atom stereocenters. The number of aliphatic hydroxyl groups is 1. The van der Waals surface area contributed by atoms with Crippen LogP contribution in [0.2, 0.25) is 0 Å². The van der Waals surface area contributed by atoms with E-state index >= 15 is 0 Å². The molecule has 3 nitrogen and oxygen atoms in total. The number of halogens is 1. The SMILES string of the molecule is C=C/C(Cl)=C(\C=C)CN1CCC(SSCCO)/C(=C\C=O)C1. The maximum Gasteiger partial charge on any atom is 0.142 e. The molecule has 1 aliphatic heterocycles. The van der Waals surface area contributed by atoms with E-state index in [1.807, 2.05) is 0 Å². The van der Waals surface area contributed by atoms with Gasteiger partial charge in [0.05, 0.1) is 6.61 Å². The van der Waals surface area contributed by atoms with Crippen LogP contribution >= 0.6 is 33.2 Å². The number of hydrogen-bond acceptors (Lipinski definition) is 5. The predicted octanol–water partition coefficient (Wildman–Crippen LogP) is 3.42. The highest BCUT2D eigenvalue weighted by Crippen LogP contribution is 2.36. The average Bonchev–Trinajstić information content (AvgIpc) is 2.54. The summed E-state index contributed by atoms with van der Waals surface area (Å²) < 4.78 is 0. The lowest BCUT2D eigenvalue weighted by molar-refractivity contribution is -0.104. The number of rotatable bonds is 9. The summed E-state index contributed by atoms with van der Waals surface area (Å²) in [6.07, 6.45) is 6.86. The zero-order valence-electron chi connectivity index (χ0n) is 12.5. The molecule has 1 heterocycles. The van der Waals surface area contributed by atoms with E-state index in [9.17, 15) is 4.79 Å². The van der Waals surface area contributed by atoms with Crippen LogP contribution in [0.3, 0.4) is 0 Å². The Labute approximate surface area is 145 Å². The molecule has 1 rings (SSSR count). The van der Waals surface area contributed by atoms with Gasteiger partial charge in [0.1, 0.15) is 6.29 Å². The first-order chi connectivity index (χ1) is 10.7. The van der Waals surface area contributed by atoms with Crippen molar-refractivity contribution in [3.8, 4) is 0 Å². The van der Waals surface area contributed by atoms with Crippen molar-refractivity contribution in [1.82, 2.24) is 4.90 Å². The maximum atomic E-state index is 10.9. The summed E-state index contributed by atoms with van der Waals surface area (Å²) in [5.74, 6) is 0.706. The molecule has 0 aliphatic carbocycles. The van der Waals surface area contributed by atoms with Gasteiger partial charge in [-0.3, -0.25) is 9.69 Å². The molecule has 0 aromatic rings. The van der Waals surface area contributed by atoms with E-state index in [4.69, 9.17) is 16.7 Å². The van der Waals surface area contributed by atoms with Crippen LogP contribution in [-0.4, -0.2) is 53.5 Å². The summed E-state index contributed by atoms with van der Waals surface area (Å²) in [6, 6.07) is 0. The van der Waals surface area contributed by atoms with E-state index in [2.05, 4.69) is 18.1 Å². The van der Waals surface area contributed by atoms with E-state index in [0.29, 0.717) is 22.6 Å². The predicted molar refractivity (Wildman–Crippen MR) is 99.4 cm³/mol. The van der Waals surface area contributed by atoms with Crippen molar-refractivity contribution >= 4 is 39.5 Å². The molecule has 0 aromatic carbocycles. The second kappa shape index (κ2) is 11.1.